The van der Waals surface area contributed by atoms with Gasteiger partial charge in [-0.3, -0.25) is 25.3 Å². The van der Waals surface area contributed by atoms with E-state index < -0.39 is 29.7 Å². The summed E-state index contributed by atoms with van der Waals surface area (Å²) in [4.78, 5) is 25.8. The first-order valence-corrected chi connectivity index (χ1v) is 8.05. The topological polar surface area (TPSA) is 70.7 Å². The highest BCUT2D eigenvalue weighted by Gasteiger charge is 2.34. The second kappa shape index (κ2) is 7.18. The smallest absolute Gasteiger partial charge is 0.418 e. The minimum absolute atomic E-state index is 0.291. The average Bonchev–Trinajstić information content (AvgIpc) is 2.63. The Morgan fingerprint density at radius 3 is 2.56 bits per heavy atom. The second-order valence-corrected chi connectivity index (χ2v) is 5.87. The summed E-state index contributed by atoms with van der Waals surface area (Å²) >= 11 is 0. The van der Waals surface area contributed by atoms with Crippen LogP contribution in [0.25, 0.3) is 0 Å². The zero-order chi connectivity index (χ0) is 19.6. The van der Waals surface area contributed by atoms with Gasteiger partial charge in [-0.1, -0.05) is 24.3 Å². The molecule has 6 nitrogen and oxygen atoms in total. The fourth-order valence-corrected chi connectivity index (χ4v) is 2.68. The van der Waals surface area contributed by atoms with E-state index in [9.17, 15) is 22.8 Å². The molecule has 0 saturated heterocycles. The van der Waals surface area contributed by atoms with Gasteiger partial charge in [0.05, 0.1) is 16.9 Å². The van der Waals surface area contributed by atoms with E-state index in [0.29, 0.717) is 11.4 Å². The molecule has 0 spiro atoms. The number of rotatable bonds is 4. The number of fused-ring (bicyclic) bond motifs is 1. The first-order valence-electron chi connectivity index (χ1n) is 8.05. The maximum Gasteiger partial charge on any atom is 0.418 e. The summed E-state index contributed by atoms with van der Waals surface area (Å²) < 4.78 is 44.4. The fraction of sp³-hybridized carbons (Fsp3) is 0.222. The molecule has 2 N–H and O–H groups in total. The molecule has 2 aromatic rings. The normalized spacial score (nSPS) is 16.4. The fourth-order valence-electron chi connectivity index (χ4n) is 2.68. The number of carbonyl (C=O) groups excluding carboxylic acids is 2. The molecular weight excluding hydrogens is 363 g/mol. The van der Waals surface area contributed by atoms with Crippen LogP contribution in [0.15, 0.2) is 48.5 Å². The van der Waals surface area contributed by atoms with Crippen LogP contribution in [0.1, 0.15) is 12.5 Å². The number of benzene rings is 2. The molecule has 0 unspecified atom stereocenters. The lowest BCUT2D eigenvalue weighted by Crippen LogP contribution is -2.49. The van der Waals surface area contributed by atoms with E-state index in [1.165, 1.54) is 23.1 Å². The van der Waals surface area contributed by atoms with Crippen LogP contribution in [0.2, 0.25) is 0 Å². The van der Waals surface area contributed by atoms with E-state index in [1.54, 1.807) is 31.2 Å². The van der Waals surface area contributed by atoms with Gasteiger partial charge in [0.1, 0.15) is 12.3 Å². The van der Waals surface area contributed by atoms with E-state index in [-0.39, 0.29) is 12.2 Å². The van der Waals surface area contributed by atoms with Gasteiger partial charge in [0.15, 0.2) is 6.10 Å². The quantitative estimate of drug-likeness (QED) is 0.802. The highest BCUT2D eigenvalue weighted by atomic mass is 19.4. The molecule has 2 aromatic carbocycles. The Balaban J connectivity index is 1.71. The summed E-state index contributed by atoms with van der Waals surface area (Å²) in [5.74, 6) is -0.642. The second-order valence-electron chi connectivity index (χ2n) is 5.87. The lowest BCUT2D eigenvalue weighted by Gasteiger charge is -2.32. The monoisotopic (exact) mass is 379 g/mol. The molecule has 1 heterocycles. The van der Waals surface area contributed by atoms with Crippen molar-refractivity contribution in [2.24, 2.45) is 0 Å². The number of nitrogens with one attached hydrogen (secondary N) is 2. The largest absolute Gasteiger partial charge is 0.479 e. The minimum Gasteiger partial charge on any atom is -0.479 e. The maximum absolute atomic E-state index is 13.0. The van der Waals surface area contributed by atoms with Crippen LogP contribution in [-0.4, -0.2) is 24.5 Å². The summed E-state index contributed by atoms with van der Waals surface area (Å²) in [6.07, 6.45) is -5.34. The van der Waals surface area contributed by atoms with Crippen LogP contribution in [0.3, 0.4) is 0 Å². The SMILES string of the molecule is C[C@H]1Oc2ccccc2N(CC(=O)NNc2ccccc2C(F)(F)F)C1=O. The summed E-state index contributed by atoms with van der Waals surface area (Å²) in [6.45, 7) is 1.19. The van der Waals surface area contributed by atoms with Gasteiger partial charge in [-0.15, -0.1) is 0 Å². The summed E-state index contributed by atoms with van der Waals surface area (Å²) in [5.41, 5.74) is 3.69. The number of hydrogen-bond acceptors (Lipinski definition) is 4. The molecule has 1 aliphatic heterocycles. The maximum atomic E-state index is 13.0. The molecule has 1 aliphatic rings. The van der Waals surface area contributed by atoms with Crippen LogP contribution in [0.5, 0.6) is 5.75 Å². The molecule has 0 aromatic heterocycles. The number of ether oxygens (including phenoxy) is 1. The van der Waals surface area contributed by atoms with Crippen LogP contribution in [0.4, 0.5) is 24.5 Å². The van der Waals surface area contributed by atoms with Gasteiger partial charge < -0.3 is 4.74 Å². The standard InChI is InChI=1S/C18H16F3N3O3/c1-11-17(26)24(14-8-4-5-9-15(14)27-11)10-16(25)23-22-13-7-3-2-6-12(13)18(19,20)21/h2-9,11,22H,10H2,1H3,(H,23,25)/t11-/m1/s1. The third kappa shape index (κ3) is 3.97. The molecule has 27 heavy (non-hydrogen) atoms. The predicted octanol–water partition coefficient (Wildman–Crippen LogP) is 2.96. The van der Waals surface area contributed by atoms with Crippen molar-refractivity contribution in [2.75, 3.05) is 16.9 Å². The summed E-state index contributed by atoms with van der Waals surface area (Å²) in [7, 11) is 0. The molecule has 2 amide bonds. The van der Waals surface area contributed by atoms with Crippen molar-refractivity contribution in [3.05, 3.63) is 54.1 Å². The Bertz CT molecular complexity index is 870. The van der Waals surface area contributed by atoms with Gasteiger partial charge >= 0.3 is 6.18 Å². The molecule has 0 fully saturated rings. The Labute approximate surface area is 152 Å². The Morgan fingerprint density at radius 1 is 1.15 bits per heavy atom. The lowest BCUT2D eigenvalue weighted by molar-refractivity contribution is -0.137. The third-order valence-electron chi connectivity index (χ3n) is 3.94. The molecule has 0 saturated carbocycles. The van der Waals surface area contributed by atoms with Crippen molar-refractivity contribution in [1.82, 2.24) is 5.43 Å². The number of halogens is 3. The molecule has 0 radical (unpaired) electrons. The number of amides is 2. The van der Waals surface area contributed by atoms with E-state index in [2.05, 4.69) is 10.9 Å². The molecular formula is C18H16F3N3O3. The zero-order valence-corrected chi connectivity index (χ0v) is 14.2. The van der Waals surface area contributed by atoms with E-state index in [1.807, 2.05) is 0 Å². The van der Waals surface area contributed by atoms with Gasteiger partial charge in [-0.2, -0.15) is 13.2 Å². The predicted molar refractivity (Wildman–Crippen MR) is 92.1 cm³/mol. The number of hydrogen-bond donors (Lipinski definition) is 2. The van der Waals surface area contributed by atoms with Crippen LogP contribution in [0, 0.1) is 0 Å². The summed E-state index contributed by atoms with van der Waals surface area (Å²) in [6, 6.07) is 11.5. The lowest BCUT2D eigenvalue weighted by atomic mass is 10.2. The average molecular weight is 379 g/mol. The Hall–Kier alpha value is -3.23. The summed E-state index contributed by atoms with van der Waals surface area (Å²) in [5, 5.41) is 0. The number of carbonyl (C=O) groups is 2. The van der Waals surface area contributed by atoms with Gasteiger partial charge in [-0.25, -0.2) is 0 Å². The third-order valence-corrected chi connectivity index (χ3v) is 3.94. The first kappa shape index (κ1) is 18.6. The molecule has 0 aliphatic carbocycles. The van der Waals surface area contributed by atoms with Gasteiger partial charge in [0.25, 0.3) is 11.8 Å². The molecule has 142 valence electrons. The molecule has 1 atom stereocenters. The number of para-hydroxylation sites is 3. The number of alkyl halides is 3. The van der Waals surface area contributed by atoms with E-state index in [4.69, 9.17) is 4.74 Å². The number of anilines is 2. The zero-order valence-electron chi connectivity index (χ0n) is 14.2. The van der Waals surface area contributed by atoms with Gasteiger partial charge in [0, 0.05) is 0 Å². The van der Waals surface area contributed by atoms with Crippen molar-refractivity contribution >= 4 is 23.2 Å². The highest BCUT2D eigenvalue weighted by Crippen LogP contribution is 2.35. The van der Waals surface area contributed by atoms with Crippen LogP contribution >= 0.6 is 0 Å². The Morgan fingerprint density at radius 2 is 1.81 bits per heavy atom. The molecule has 9 heteroatoms. The van der Waals surface area contributed by atoms with Crippen molar-refractivity contribution in [2.45, 2.75) is 19.2 Å². The van der Waals surface area contributed by atoms with E-state index in [0.717, 1.165) is 6.07 Å². The molecule has 3 rings (SSSR count). The van der Waals surface area contributed by atoms with Crippen molar-refractivity contribution < 1.29 is 27.5 Å². The number of nitrogens with zero attached hydrogens (tertiary/aromatic N) is 1. The van der Waals surface area contributed by atoms with Gasteiger partial charge in [-0.05, 0) is 31.2 Å². The Kier molecular flexibility index (Phi) is 4.93. The number of hydrazine groups is 1. The first-order chi connectivity index (χ1) is 12.8. The van der Waals surface area contributed by atoms with Gasteiger partial charge in [0.2, 0.25) is 0 Å². The van der Waals surface area contributed by atoms with Crippen molar-refractivity contribution in [3.63, 3.8) is 0 Å². The van der Waals surface area contributed by atoms with Crippen LogP contribution < -0.4 is 20.5 Å². The van der Waals surface area contributed by atoms with Crippen molar-refractivity contribution in [3.8, 4) is 5.75 Å². The van der Waals surface area contributed by atoms with Crippen molar-refractivity contribution in [1.29, 1.82) is 0 Å². The van der Waals surface area contributed by atoms with Crippen LogP contribution in [-0.2, 0) is 15.8 Å². The highest BCUT2D eigenvalue weighted by molar-refractivity contribution is 6.03. The van der Waals surface area contributed by atoms with E-state index >= 15 is 0 Å². The molecule has 0 bridgehead atoms. The minimum atomic E-state index is -4.57.